The van der Waals surface area contributed by atoms with Crippen molar-refractivity contribution in [3.05, 3.63) is 35.4 Å². The van der Waals surface area contributed by atoms with Crippen molar-refractivity contribution in [2.45, 2.75) is 19.1 Å². The highest BCUT2D eigenvalue weighted by Gasteiger charge is 2.22. The number of ether oxygens (including phenoxy) is 2. The third-order valence-electron chi connectivity index (χ3n) is 3.40. The topological polar surface area (TPSA) is 25.0 Å². The van der Waals surface area contributed by atoms with Crippen molar-refractivity contribution in [1.29, 1.82) is 0 Å². The van der Waals surface area contributed by atoms with E-state index in [1.54, 1.807) is 0 Å². The van der Waals surface area contributed by atoms with Gasteiger partial charge in [-0.1, -0.05) is 24.3 Å². The van der Waals surface area contributed by atoms with Crippen LogP contribution in [0.2, 0.25) is 0 Å². The number of rotatable bonds is 4. The lowest BCUT2D eigenvalue weighted by molar-refractivity contribution is 0.0342. The maximum absolute atomic E-state index is 5.35. The SMILES string of the molecule is c1cc(CN2CCOCC2)ccc1CC1CO1. The normalized spacial score (nSPS) is 24.8. The summed E-state index contributed by atoms with van der Waals surface area (Å²) in [4.78, 5) is 2.45. The smallest absolute Gasteiger partial charge is 0.0850 e. The lowest BCUT2D eigenvalue weighted by Crippen LogP contribution is -2.35. The second-order valence-electron chi connectivity index (χ2n) is 4.86. The van der Waals surface area contributed by atoms with Gasteiger partial charge in [-0.3, -0.25) is 4.90 Å². The molecule has 2 heterocycles. The average Bonchev–Trinajstić information content (AvgIpc) is 3.17. The van der Waals surface area contributed by atoms with Gasteiger partial charge in [0.15, 0.2) is 0 Å². The van der Waals surface area contributed by atoms with E-state index >= 15 is 0 Å². The van der Waals surface area contributed by atoms with Gasteiger partial charge in [-0.25, -0.2) is 0 Å². The van der Waals surface area contributed by atoms with E-state index in [-0.39, 0.29) is 0 Å². The van der Waals surface area contributed by atoms with Crippen LogP contribution in [-0.4, -0.2) is 43.9 Å². The van der Waals surface area contributed by atoms with Crippen molar-refractivity contribution in [2.75, 3.05) is 32.9 Å². The van der Waals surface area contributed by atoms with Crippen LogP contribution < -0.4 is 0 Å². The van der Waals surface area contributed by atoms with Gasteiger partial charge in [-0.05, 0) is 11.1 Å². The van der Waals surface area contributed by atoms with Crippen molar-refractivity contribution in [2.24, 2.45) is 0 Å². The molecule has 0 aliphatic carbocycles. The number of epoxide rings is 1. The van der Waals surface area contributed by atoms with Gasteiger partial charge in [0, 0.05) is 26.1 Å². The number of hydrogen-bond acceptors (Lipinski definition) is 3. The molecular formula is C14H19NO2. The fraction of sp³-hybridized carbons (Fsp3) is 0.571. The summed E-state index contributed by atoms with van der Waals surface area (Å²) in [5.41, 5.74) is 2.78. The minimum Gasteiger partial charge on any atom is -0.379 e. The van der Waals surface area contributed by atoms with E-state index < -0.39 is 0 Å². The second kappa shape index (κ2) is 5.17. The zero-order valence-electron chi connectivity index (χ0n) is 10.1. The van der Waals surface area contributed by atoms with Crippen molar-refractivity contribution >= 4 is 0 Å². The molecule has 0 aromatic heterocycles. The Hall–Kier alpha value is -0.900. The highest BCUT2D eigenvalue weighted by Crippen LogP contribution is 2.17. The summed E-state index contributed by atoms with van der Waals surface area (Å²) in [5, 5.41) is 0. The van der Waals surface area contributed by atoms with Gasteiger partial charge in [0.2, 0.25) is 0 Å². The van der Waals surface area contributed by atoms with Crippen molar-refractivity contribution in [3.63, 3.8) is 0 Å². The predicted molar refractivity (Wildman–Crippen MR) is 66.0 cm³/mol. The average molecular weight is 233 g/mol. The molecule has 2 aliphatic rings. The first kappa shape index (κ1) is 11.2. The molecule has 92 valence electrons. The number of morpholine rings is 1. The third-order valence-corrected chi connectivity index (χ3v) is 3.40. The van der Waals surface area contributed by atoms with Gasteiger partial charge in [0.25, 0.3) is 0 Å². The summed E-state index contributed by atoms with van der Waals surface area (Å²) in [7, 11) is 0. The second-order valence-corrected chi connectivity index (χ2v) is 4.86. The Kier molecular flexibility index (Phi) is 3.41. The Morgan fingerprint density at radius 1 is 1.06 bits per heavy atom. The van der Waals surface area contributed by atoms with Crippen molar-refractivity contribution < 1.29 is 9.47 Å². The Balaban J connectivity index is 1.55. The molecule has 0 N–H and O–H groups in total. The molecule has 0 radical (unpaired) electrons. The Labute approximate surface area is 102 Å². The van der Waals surface area contributed by atoms with Gasteiger partial charge in [-0.2, -0.15) is 0 Å². The zero-order valence-corrected chi connectivity index (χ0v) is 10.1. The summed E-state index contributed by atoms with van der Waals surface area (Å²) >= 11 is 0. The predicted octanol–water partition coefficient (Wildman–Crippen LogP) is 1.46. The van der Waals surface area contributed by atoms with E-state index in [0.717, 1.165) is 45.9 Å². The van der Waals surface area contributed by atoms with Crippen LogP contribution in [0.5, 0.6) is 0 Å². The largest absolute Gasteiger partial charge is 0.379 e. The number of hydrogen-bond donors (Lipinski definition) is 0. The summed E-state index contributed by atoms with van der Waals surface area (Å²) in [6.45, 7) is 5.84. The molecule has 1 aromatic rings. The molecule has 2 aliphatic heterocycles. The molecule has 1 unspecified atom stereocenters. The zero-order chi connectivity index (χ0) is 11.5. The fourth-order valence-corrected chi connectivity index (χ4v) is 2.25. The molecule has 0 bridgehead atoms. The molecular weight excluding hydrogens is 214 g/mol. The van der Waals surface area contributed by atoms with Crippen LogP contribution in [0.1, 0.15) is 11.1 Å². The van der Waals surface area contributed by atoms with E-state index in [0.29, 0.717) is 6.10 Å². The van der Waals surface area contributed by atoms with Crippen LogP contribution in [0.25, 0.3) is 0 Å². The van der Waals surface area contributed by atoms with Gasteiger partial charge in [0.1, 0.15) is 0 Å². The van der Waals surface area contributed by atoms with Gasteiger partial charge in [0.05, 0.1) is 25.9 Å². The Bertz CT molecular complexity index is 353. The first-order valence-electron chi connectivity index (χ1n) is 6.40. The summed E-state index contributed by atoms with van der Waals surface area (Å²) in [6.07, 6.45) is 1.55. The molecule has 17 heavy (non-hydrogen) atoms. The van der Waals surface area contributed by atoms with E-state index in [4.69, 9.17) is 9.47 Å². The maximum Gasteiger partial charge on any atom is 0.0850 e. The fourth-order valence-electron chi connectivity index (χ4n) is 2.25. The van der Waals surface area contributed by atoms with Crippen LogP contribution >= 0.6 is 0 Å². The van der Waals surface area contributed by atoms with Crippen LogP contribution in [-0.2, 0) is 22.4 Å². The molecule has 0 saturated carbocycles. The highest BCUT2D eigenvalue weighted by molar-refractivity contribution is 5.23. The van der Waals surface area contributed by atoms with Crippen LogP contribution in [0.15, 0.2) is 24.3 Å². The Morgan fingerprint density at radius 3 is 2.35 bits per heavy atom. The molecule has 3 heteroatoms. The molecule has 3 rings (SSSR count). The van der Waals surface area contributed by atoms with Gasteiger partial charge < -0.3 is 9.47 Å². The number of benzene rings is 1. The molecule has 0 amide bonds. The molecule has 2 fully saturated rings. The van der Waals surface area contributed by atoms with E-state index in [1.807, 2.05) is 0 Å². The molecule has 1 aromatic carbocycles. The van der Waals surface area contributed by atoms with Gasteiger partial charge >= 0.3 is 0 Å². The van der Waals surface area contributed by atoms with Crippen molar-refractivity contribution in [3.8, 4) is 0 Å². The molecule has 3 nitrogen and oxygen atoms in total. The quantitative estimate of drug-likeness (QED) is 0.736. The third kappa shape index (κ3) is 3.28. The summed E-state index contributed by atoms with van der Waals surface area (Å²) in [6, 6.07) is 8.95. The van der Waals surface area contributed by atoms with E-state index in [1.165, 1.54) is 11.1 Å². The minimum absolute atomic E-state index is 0.486. The standard InChI is InChI=1S/C14H19NO2/c1-3-13(10-15-5-7-16-8-6-15)4-2-12(1)9-14-11-17-14/h1-4,14H,5-11H2. The molecule has 0 spiro atoms. The van der Waals surface area contributed by atoms with E-state index in [2.05, 4.69) is 29.2 Å². The molecule has 2 saturated heterocycles. The van der Waals surface area contributed by atoms with Crippen LogP contribution in [0.3, 0.4) is 0 Å². The molecule has 1 atom stereocenters. The summed E-state index contributed by atoms with van der Waals surface area (Å²) in [5.74, 6) is 0. The first-order chi connectivity index (χ1) is 8.40. The Morgan fingerprint density at radius 2 is 1.71 bits per heavy atom. The lowest BCUT2D eigenvalue weighted by atomic mass is 10.1. The highest BCUT2D eigenvalue weighted by atomic mass is 16.6. The van der Waals surface area contributed by atoms with Gasteiger partial charge in [-0.15, -0.1) is 0 Å². The minimum atomic E-state index is 0.486. The lowest BCUT2D eigenvalue weighted by Gasteiger charge is -2.26. The van der Waals surface area contributed by atoms with Crippen LogP contribution in [0.4, 0.5) is 0 Å². The summed E-state index contributed by atoms with van der Waals surface area (Å²) < 4.78 is 10.6. The first-order valence-corrected chi connectivity index (χ1v) is 6.40. The van der Waals surface area contributed by atoms with Crippen molar-refractivity contribution in [1.82, 2.24) is 4.90 Å². The van der Waals surface area contributed by atoms with E-state index in [9.17, 15) is 0 Å². The maximum atomic E-state index is 5.35. The monoisotopic (exact) mass is 233 g/mol. The number of nitrogens with zero attached hydrogens (tertiary/aromatic N) is 1. The van der Waals surface area contributed by atoms with Crippen LogP contribution in [0, 0.1) is 0 Å².